The number of hydrogen-bond acceptors (Lipinski definition) is 20. The summed E-state index contributed by atoms with van der Waals surface area (Å²) in [6, 6.07) is 48.2. The molecule has 0 aromatic carbocycles. The molecule has 0 aliphatic carbocycles. The third kappa shape index (κ3) is 16.4. The number of hydrogen-bond donors (Lipinski definition) is 4. The van der Waals surface area contributed by atoms with Gasteiger partial charge in [-0.1, -0.05) is 82.8 Å². The third-order valence-corrected chi connectivity index (χ3v) is 31.6. The van der Waals surface area contributed by atoms with Crippen LogP contribution in [-0.4, -0.2) is 206 Å². The van der Waals surface area contributed by atoms with Crippen molar-refractivity contribution in [3.63, 3.8) is 0 Å². The lowest BCUT2D eigenvalue weighted by Gasteiger charge is -2.41. The van der Waals surface area contributed by atoms with Crippen LogP contribution in [0.2, 0.25) is 20.4 Å². The van der Waals surface area contributed by atoms with Crippen molar-refractivity contribution >= 4 is 92.3 Å². The van der Waals surface area contributed by atoms with Crippen molar-refractivity contribution in [2.75, 3.05) is 100 Å². The van der Waals surface area contributed by atoms with Gasteiger partial charge < -0.3 is 50.7 Å². The molecule has 12 aromatic rings. The van der Waals surface area contributed by atoms with Crippen LogP contribution in [0.1, 0.15) is 233 Å². The highest BCUT2D eigenvalue weighted by atomic mass is 35.5. The lowest BCUT2D eigenvalue weighted by Crippen LogP contribution is -2.53. The van der Waals surface area contributed by atoms with Crippen molar-refractivity contribution in [2.24, 2.45) is 0 Å². The van der Waals surface area contributed by atoms with Crippen molar-refractivity contribution in [1.29, 1.82) is 0 Å². The van der Waals surface area contributed by atoms with E-state index in [1.165, 1.54) is 85.8 Å². The Balaban J connectivity index is 0.000000103. The smallest absolute Gasteiger partial charge is 0.139 e. The Morgan fingerprint density at radius 2 is 0.611 bits per heavy atom. The summed E-state index contributed by atoms with van der Waals surface area (Å²) >= 11 is 27.0. The van der Waals surface area contributed by atoms with Crippen LogP contribution in [0.25, 0.3) is 22.6 Å². The van der Waals surface area contributed by atoms with Crippen LogP contribution in [0.4, 0.5) is 23.3 Å². The first-order valence-corrected chi connectivity index (χ1v) is 48.3. The molecule has 0 radical (unpaired) electrons. The topological polar surface area (TPSA) is 195 Å². The number of nitrogens with one attached hydrogen (secondary N) is 4. The van der Waals surface area contributed by atoms with E-state index in [0.29, 0.717) is 48.3 Å². The average molecular weight is 1780 g/mol. The summed E-state index contributed by atoms with van der Waals surface area (Å²) in [6.45, 7) is 13.1. The molecule has 12 fully saturated rings. The van der Waals surface area contributed by atoms with E-state index in [0.717, 1.165) is 218 Å². The zero-order valence-electron chi connectivity index (χ0n) is 73.5. The standard InChI is InChI=1S/2C25H31ClN6.2C24H29ClN6/c1-16-6-5-13-27-23(16)19-7-3-8-20(28-19)24-25(26)32-21(29-24)9-4-10-22(32)31-14-17-11-12-18(15-31)30(17)2;1-16-6-5-13-27-23(16)19-7-3-8-20(28-19)24-25(26)32-21(29-24)9-4-10-22(32)31-17-11-12-18(31)15-30(2)14-17;1-29-16-10-11-17(29)14-30(13-16)23-9-3-8-22-28-21(15-31(22)23)19-6-2-7-20(27-19)24-18(25)5-4-12-26-24;1-29-13-16-10-11-17(14-29)31(16)23-9-3-8-22-28-21(15-30(22)23)19-6-2-7-20(27-19)24-18(25)5-4-12-26-24/h2*4-6,9-10,13,17-20,28H,3,7-8,11-12,14-15H2,1-2H3;2*3-5,8-9,12,15-17,19-20,27H,2,6-7,10-11,13-14H2,1H3/t2*17?,18?,19-,20+;2*16?,17?,19-,20+/m0011/s1. The minimum Gasteiger partial charge on any atom is -0.355 e. The highest BCUT2D eigenvalue weighted by Gasteiger charge is 2.45. The monoisotopic (exact) mass is 1770 g/mol. The quantitative estimate of drug-likeness (QED) is 0.0901. The highest BCUT2D eigenvalue weighted by Crippen LogP contribution is 2.46. The molecule has 8 unspecified atom stereocenters. The number of halogens is 4. The first-order valence-electron chi connectivity index (χ1n) is 46.8. The summed E-state index contributed by atoms with van der Waals surface area (Å²) in [4.78, 5) is 59.0. The fraction of sp³-hybridized carbons (Fsp3) is 0.510. The maximum atomic E-state index is 7.09. The minimum atomic E-state index is 0.138. The van der Waals surface area contributed by atoms with Crippen molar-refractivity contribution in [1.82, 2.24) is 98.3 Å². The molecule has 12 aromatic heterocycles. The second-order valence-corrected chi connectivity index (χ2v) is 39.7. The fourth-order valence-corrected chi connectivity index (χ4v) is 25.2. The predicted octanol–water partition coefficient (Wildman–Crippen LogP) is 17.5. The van der Waals surface area contributed by atoms with Gasteiger partial charge in [0.05, 0.1) is 104 Å². The number of anilines is 4. The Hall–Kier alpha value is -8.60. The largest absolute Gasteiger partial charge is 0.355 e. The molecule has 8 bridgehead atoms. The molecule has 12 aliphatic rings. The molecule has 24 nitrogen and oxygen atoms in total. The van der Waals surface area contributed by atoms with Gasteiger partial charge in [0.25, 0.3) is 0 Å². The number of piperazine rings is 4. The number of likely N-dealkylation sites (N-methyl/N-ethyl adjacent to an activating group) is 4. The van der Waals surface area contributed by atoms with Gasteiger partial charge in [-0.25, -0.2) is 19.9 Å². The molecule has 12 aliphatic heterocycles. The van der Waals surface area contributed by atoms with Crippen LogP contribution in [0.15, 0.2) is 159 Å². The van der Waals surface area contributed by atoms with E-state index in [-0.39, 0.29) is 48.3 Å². The van der Waals surface area contributed by atoms with Gasteiger partial charge in [-0.3, -0.25) is 47.3 Å². The molecule has 24 heterocycles. The summed E-state index contributed by atoms with van der Waals surface area (Å²) in [5.41, 5.74) is 14.8. The second kappa shape index (κ2) is 36.0. The summed E-state index contributed by atoms with van der Waals surface area (Å²) in [5, 5.41) is 18.2. The molecule has 0 spiro atoms. The van der Waals surface area contributed by atoms with Crippen LogP contribution in [0, 0.1) is 13.8 Å². The molecule has 126 heavy (non-hydrogen) atoms. The van der Waals surface area contributed by atoms with Gasteiger partial charge in [0.1, 0.15) is 56.2 Å². The average Bonchev–Trinajstić information content (AvgIpc) is 1.60. The number of pyridine rings is 8. The van der Waals surface area contributed by atoms with Gasteiger partial charge in [0.2, 0.25) is 0 Å². The zero-order valence-corrected chi connectivity index (χ0v) is 76.5. The number of imidazole rings is 4. The van der Waals surface area contributed by atoms with E-state index in [1.54, 1.807) is 0 Å². The van der Waals surface area contributed by atoms with Gasteiger partial charge in [0, 0.05) is 138 Å². The lowest BCUT2D eigenvalue weighted by molar-refractivity contribution is 0.211. The van der Waals surface area contributed by atoms with Crippen LogP contribution < -0.4 is 40.9 Å². The van der Waals surface area contributed by atoms with Crippen molar-refractivity contribution < 1.29 is 0 Å². The first kappa shape index (κ1) is 84.3. The number of rotatable bonds is 12. The van der Waals surface area contributed by atoms with Gasteiger partial charge in [-0.15, -0.1) is 0 Å². The molecule has 12 saturated heterocycles. The van der Waals surface area contributed by atoms with Crippen LogP contribution in [0.5, 0.6) is 0 Å². The molecule has 28 heteroatoms. The number of nitrogens with zero attached hydrogens (tertiary/aromatic N) is 20. The summed E-state index contributed by atoms with van der Waals surface area (Å²) in [6.07, 6.45) is 35.3. The number of likely N-dealkylation sites (tertiary alicyclic amines) is 2. The maximum Gasteiger partial charge on any atom is 0.139 e. The highest BCUT2D eigenvalue weighted by molar-refractivity contribution is 6.32. The number of piperidine rings is 4. The Morgan fingerprint density at radius 3 is 1.03 bits per heavy atom. The Labute approximate surface area is 760 Å². The Morgan fingerprint density at radius 1 is 0.294 bits per heavy atom. The van der Waals surface area contributed by atoms with E-state index in [9.17, 15) is 0 Å². The maximum absolute atomic E-state index is 7.09. The van der Waals surface area contributed by atoms with Crippen molar-refractivity contribution in [3.8, 4) is 0 Å². The summed E-state index contributed by atoms with van der Waals surface area (Å²) in [5.74, 6) is 4.92. The van der Waals surface area contributed by atoms with Crippen molar-refractivity contribution in [2.45, 2.75) is 239 Å². The van der Waals surface area contributed by atoms with E-state index in [2.05, 4.69) is 237 Å². The first-order chi connectivity index (χ1) is 61.5. The van der Waals surface area contributed by atoms with Gasteiger partial charge in [0.15, 0.2) is 0 Å². The molecule has 0 amide bonds. The van der Waals surface area contributed by atoms with Crippen LogP contribution >= 0.6 is 46.4 Å². The second-order valence-electron chi connectivity index (χ2n) is 38.2. The van der Waals surface area contributed by atoms with Crippen molar-refractivity contribution in [3.05, 3.63) is 236 Å². The molecule has 24 rings (SSSR count). The minimum absolute atomic E-state index is 0.138. The predicted molar refractivity (Wildman–Crippen MR) is 504 cm³/mol. The molecule has 0 saturated carbocycles. The summed E-state index contributed by atoms with van der Waals surface area (Å²) < 4.78 is 8.95. The Kier molecular flexibility index (Phi) is 24.1. The molecular weight excluding hydrogens is 1660 g/mol. The number of fused-ring (bicyclic) bond motifs is 12. The fourth-order valence-electron chi connectivity index (χ4n) is 24.0. The van der Waals surface area contributed by atoms with Gasteiger partial charge in [-0.2, -0.15) is 0 Å². The third-order valence-electron chi connectivity index (χ3n) is 30.3. The van der Waals surface area contributed by atoms with Gasteiger partial charge >= 0.3 is 0 Å². The van der Waals surface area contributed by atoms with E-state index < -0.39 is 0 Å². The van der Waals surface area contributed by atoms with Gasteiger partial charge in [-0.05, 0) is 267 Å². The lowest BCUT2D eigenvalue weighted by atomic mass is 9.93. The van der Waals surface area contributed by atoms with E-state index in [4.69, 9.17) is 66.3 Å². The Bertz CT molecular complexity index is 5830. The summed E-state index contributed by atoms with van der Waals surface area (Å²) in [7, 11) is 9.04. The molecular formula is C98H120Cl4N24. The van der Waals surface area contributed by atoms with Crippen LogP contribution in [0.3, 0.4) is 0 Å². The number of aryl methyl sites for hydroxylation is 2. The molecule has 660 valence electrons. The van der Waals surface area contributed by atoms with E-state index in [1.807, 2.05) is 61.2 Å². The SMILES string of the molecule is CN1C2CCC1CN(c1cccc3nc([C@H]4CCC[C@@H](c5ncccc5Cl)N4)cn13)C2.CN1CC2CCC(C1)N2c1cccc2nc([C@H]3CCC[C@@H](c4ncccc4Cl)N3)cn12.Cc1cccnc1[C@@H]1CCC[C@H](c2nc3cccc(N4C5CCC4CN(C)C5)n3c2Cl)N1.Cc1cccnc1[C@@H]1CCC[C@H](c2nc3cccc(N4CC5CCC(C4)N5C)n3c2Cl)N1. The number of aromatic nitrogens is 12. The molecule has 4 N–H and O–H groups in total. The molecule has 16 atom stereocenters. The zero-order chi connectivity index (χ0) is 85.5. The van der Waals surface area contributed by atoms with Crippen LogP contribution in [-0.2, 0) is 0 Å². The normalized spacial score (nSPS) is 28.8. The van der Waals surface area contributed by atoms with E-state index >= 15 is 0 Å².